The summed E-state index contributed by atoms with van der Waals surface area (Å²) in [6, 6.07) is 6.38. The average Bonchev–Trinajstić information content (AvgIpc) is 2.05. The number of hydrogen-bond donors (Lipinski definition) is 0. The van der Waals surface area contributed by atoms with Gasteiger partial charge in [-0.05, 0) is 14.1 Å². The minimum absolute atomic E-state index is 0. The van der Waals surface area contributed by atoms with E-state index in [1.54, 1.807) is 0 Å². The molecule has 1 aromatic rings. The van der Waals surface area contributed by atoms with Crippen LogP contribution in [0.15, 0.2) is 23.1 Å². The van der Waals surface area contributed by atoms with Crippen molar-refractivity contribution < 1.29 is 17.1 Å². The van der Waals surface area contributed by atoms with Crippen LogP contribution in [0.25, 0.3) is 0 Å². The van der Waals surface area contributed by atoms with Gasteiger partial charge in [-0.15, -0.1) is 0 Å². The van der Waals surface area contributed by atoms with Crippen LogP contribution < -0.4 is 5.19 Å². The van der Waals surface area contributed by atoms with Gasteiger partial charge in [-0.1, -0.05) is 48.6 Å². The molecule has 4 heteroatoms. The zero-order chi connectivity index (χ0) is 11.6. The standard InChI is InChI=1S/C12H21NSSi.Cu/c1-13(2)9-10-11(14)7-6-8-12(10)15(3,4)5;/h6-8,14H,9H2,1-5H3;/q;+1/p-1. The maximum absolute atomic E-state index is 5.42. The van der Waals surface area contributed by atoms with Crippen molar-refractivity contribution in [2.45, 2.75) is 31.1 Å². The summed E-state index contributed by atoms with van der Waals surface area (Å²) in [6.07, 6.45) is 0. The number of hydrogen-bond acceptors (Lipinski definition) is 2. The molecule has 0 saturated heterocycles. The van der Waals surface area contributed by atoms with Gasteiger partial charge in [0, 0.05) is 6.54 Å². The van der Waals surface area contributed by atoms with E-state index in [9.17, 15) is 0 Å². The van der Waals surface area contributed by atoms with Gasteiger partial charge in [0.2, 0.25) is 0 Å². The Kier molecular flexibility index (Phi) is 6.23. The summed E-state index contributed by atoms with van der Waals surface area (Å²) in [4.78, 5) is 3.21. The molecule has 0 aromatic heterocycles. The summed E-state index contributed by atoms with van der Waals surface area (Å²) in [5.74, 6) is 0. The van der Waals surface area contributed by atoms with Gasteiger partial charge < -0.3 is 17.5 Å². The van der Waals surface area contributed by atoms with Crippen LogP contribution in [0.1, 0.15) is 5.56 Å². The number of nitrogens with zero attached hydrogens (tertiary/aromatic N) is 1. The van der Waals surface area contributed by atoms with Crippen LogP contribution >= 0.6 is 0 Å². The first-order chi connectivity index (χ1) is 6.82. The van der Waals surface area contributed by atoms with Gasteiger partial charge in [0.15, 0.2) is 0 Å². The summed E-state index contributed by atoms with van der Waals surface area (Å²) in [6.45, 7) is 8.07. The SMILES string of the molecule is CN(C)Cc1c([S-])cccc1[Si](C)(C)C.[Cu+]. The van der Waals surface area contributed by atoms with E-state index in [2.05, 4.69) is 50.8 Å². The quantitative estimate of drug-likeness (QED) is 0.622. The molecule has 94 valence electrons. The van der Waals surface area contributed by atoms with Gasteiger partial charge in [-0.3, -0.25) is 0 Å². The molecular formula is C12H20CuNSSi. The molecule has 0 radical (unpaired) electrons. The Morgan fingerprint density at radius 1 is 1.19 bits per heavy atom. The van der Waals surface area contributed by atoms with Gasteiger partial charge in [0.05, 0.1) is 8.07 Å². The molecule has 0 N–H and O–H groups in total. The van der Waals surface area contributed by atoms with Crippen molar-refractivity contribution >= 4 is 25.9 Å². The van der Waals surface area contributed by atoms with Crippen molar-refractivity contribution in [3.8, 4) is 0 Å². The summed E-state index contributed by atoms with van der Waals surface area (Å²) in [5.41, 5.74) is 1.36. The zero-order valence-electron chi connectivity index (χ0n) is 10.6. The van der Waals surface area contributed by atoms with Crippen molar-refractivity contribution in [3.63, 3.8) is 0 Å². The minimum atomic E-state index is -1.27. The Balaban J connectivity index is 0.00000225. The topological polar surface area (TPSA) is 3.24 Å². The second-order valence-electron chi connectivity index (χ2n) is 5.27. The molecule has 16 heavy (non-hydrogen) atoms. The van der Waals surface area contributed by atoms with Crippen LogP contribution in [0.2, 0.25) is 19.6 Å². The molecule has 0 amide bonds. The van der Waals surface area contributed by atoms with E-state index in [0.717, 1.165) is 11.4 Å². The van der Waals surface area contributed by atoms with Crippen molar-refractivity contribution in [1.82, 2.24) is 4.90 Å². The maximum atomic E-state index is 5.42. The van der Waals surface area contributed by atoms with E-state index >= 15 is 0 Å². The van der Waals surface area contributed by atoms with Crippen LogP contribution in [-0.2, 0) is 36.2 Å². The molecule has 0 aliphatic heterocycles. The van der Waals surface area contributed by atoms with Crippen LogP contribution in [-0.4, -0.2) is 27.1 Å². The molecule has 0 saturated carbocycles. The fourth-order valence-electron chi connectivity index (χ4n) is 1.75. The second-order valence-corrected chi connectivity index (χ2v) is 10.7. The molecule has 0 unspecified atom stereocenters. The fraction of sp³-hybridized carbons (Fsp3) is 0.500. The Morgan fingerprint density at radius 3 is 2.19 bits per heavy atom. The van der Waals surface area contributed by atoms with Gasteiger partial charge in [0.1, 0.15) is 0 Å². The van der Waals surface area contributed by atoms with Crippen LogP contribution in [0, 0.1) is 0 Å². The van der Waals surface area contributed by atoms with E-state index in [1.165, 1.54) is 10.8 Å². The molecule has 0 atom stereocenters. The summed E-state index contributed by atoms with van der Waals surface area (Å²) in [5, 5.41) is 1.50. The first-order valence-electron chi connectivity index (χ1n) is 5.26. The smallest absolute Gasteiger partial charge is 0.779 e. The van der Waals surface area contributed by atoms with Crippen molar-refractivity contribution in [1.29, 1.82) is 0 Å². The monoisotopic (exact) mass is 301 g/mol. The summed E-state index contributed by atoms with van der Waals surface area (Å²) >= 11 is 5.42. The Hall–Kier alpha value is 0.136. The predicted octanol–water partition coefficient (Wildman–Crippen LogP) is 2.20. The van der Waals surface area contributed by atoms with Crippen molar-refractivity contribution in [3.05, 3.63) is 23.8 Å². The van der Waals surface area contributed by atoms with Crippen LogP contribution in [0.4, 0.5) is 0 Å². The molecule has 0 bridgehead atoms. The molecular weight excluding hydrogens is 282 g/mol. The van der Waals surface area contributed by atoms with Crippen LogP contribution in [0.3, 0.4) is 0 Å². The molecule has 0 aliphatic rings. The predicted molar refractivity (Wildman–Crippen MR) is 72.4 cm³/mol. The third kappa shape index (κ3) is 4.19. The van der Waals surface area contributed by atoms with E-state index in [0.29, 0.717) is 0 Å². The van der Waals surface area contributed by atoms with Gasteiger partial charge in [-0.2, -0.15) is 4.90 Å². The van der Waals surface area contributed by atoms with E-state index in [4.69, 9.17) is 12.6 Å². The second kappa shape index (κ2) is 6.17. The average molecular weight is 302 g/mol. The van der Waals surface area contributed by atoms with Crippen molar-refractivity contribution in [2.24, 2.45) is 0 Å². The summed E-state index contributed by atoms with van der Waals surface area (Å²) < 4.78 is 0. The first kappa shape index (κ1) is 16.1. The summed E-state index contributed by atoms with van der Waals surface area (Å²) in [7, 11) is 2.92. The maximum Gasteiger partial charge on any atom is 1.00 e. The minimum Gasteiger partial charge on any atom is -0.779 e. The van der Waals surface area contributed by atoms with Crippen molar-refractivity contribution in [2.75, 3.05) is 14.1 Å². The molecule has 1 aromatic carbocycles. The number of benzene rings is 1. The van der Waals surface area contributed by atoms with Crippen LogP contribution in [0.5, 0.6) is 0 Å². The van der Waals surface area contributed by atoms with Gasteiger partial charge in [-0.25, -0.2) is 0 Å². The molecule has 0 heterocycles. The first-order valence-corrected chi connectivity index (χ1v) is 9.17. The Bertz CT molecular complexity index is 347. The Morgan fingerprint density at radius 2 is 1.75 bits per heavy atom. The van der Waals surface area contributed by atoms with E-state index < -0.39 is 8.07 Å². The molecule has 0 fully saturated rings. The molecule has 1 rings (SSSR count). The third-order valence-electron chi connectivity index (χ3n) is 2.42. The van der Waals surface area contributed by atoms with Gasteiger partial charge >= 0.3 is 17.1 Å². The Labute approximate surface area is 117 Å². The molecule has 0 spiro atoms. The van der Waals surface area contributed by atoms with Gasteiger partial charge in [0.25, 0.3) is 0 Å². The largest absolute Gasteiger partial charge is 1.00 e. The zero-order valence-corrected chi connectivity index (χ0v) is 13.4. The number of rotatable bonds is 3. The normalized spacial score (nSPS) is 11.4. The molecule has 0 aliphatic carbocycles. The van der Waals surface area contributed by atoms with E-state index in [-0.39, 0.29) is 17.1 Å². The van der Waals surface area contributed by atoms with E-state index in [1.807, 2.05) is 6.07 Å². The molecule has 1 nitrogen and oxygen atoms in total. The fourth-order valence-corrected chi connectivity index (χ4v) is 3.81. The third-order valence-corrected chi connectivity index (χ3v) is 4.88.